The van der Waals surface area contributed by atoms with Crippen LogP contribution in [0.4, 0.5) is 13.2 Å². The van der Waals surface area contributed by atoms with Crippen LogP contribution in [0.15, 0.2) is 24.3 Å². The van der Waals surface area contributed by atoms with Crippen molar-refractivity contribution in [3.8, 4) is 11.8 Å². The van der Waals surface area contributed by atoms with E-state index in [9.17, 15) is 13.2 Å². The van der Waals surface area contributed by atoms with Crippen molar-refractivity contribution in [3.05, 3.63) is 35.4 Å². The van der Waals surface area contributed by atoms with Gasteiger partial charge in [0.25, 0.3) is 0 Å². The van der Waals surface area contributed by atoms with Crippen LogP contribution >= 0.6 is 0 Å². The van der Waals surface area contributed by atoms with Gasteiger partial charge in [-0.3, -0.25) is 4.90 Å². The van der Waals surface area contributed by atoms with Crippen LogP contribution in [-0.4, -0.2) is 35.9 Å². The van der Waals surface area contributed by atoms with Gasteiger partial charge in [0, 0.05) is 12.1 Å². The Kier molecular flexibility index (Phi) is 6.56. The molecular formula is C15H18F3NO. The van der Waals surface area contributed by atoms with Crippen LogP contribution in [0.25, 0.3) is 0 Å². The first kappa shape index (κ1) is 16.5. The summed E-state index contributed by atoms with van der Waals surface area (Å²) in [5.74, 6) is 5.29. The molecule has 0 unspecified atom stereocenters. The average Bonchev–Trinajstić information content (AvgIpc) is 2.36. The van der Waals surface area contributed by atoms with Gasteiger partial charge in [0.2, 0.25) is 0 Å². The van der Waals surface area contributed by atoms with Gasteiger partial charge in [-0.25, -0.2) is 0 Å². The first-order valence-electron chi connectivity index (χ1n) is 6.43. The molecule has 0 spiro atoms. The van der Waals surface area contributed by atoms with Gasteiger partial charge in [0.05, 0.1) is 6.54 Å². The summed E-state index contributed by atoms with van der Waals surface area (Å²) in [5, 5.41) is 8.70. The molecule has 0 amide bonds. The summed E-state index contributed by atoms with van der Waals surface area (Å²) in [6, 6.07) is 7.06. The average molecular weight is 285 g/mol. The Labute approximate surface area is 117 Å². The van der Waals surface area contributed by atoms with Gasteiger partial charge in [-0.05, 0) is 24.6 Å². The predicted molar refractivity (Wildman–Crippen MR) is 72.0 cm³/mol. The number of aliphatic hydroxyl groups is 1. The number of rotatable bonds is 5. The van der Waals surface area contributed by atoms with Crippen molar-refractivity contribution >= 4 is 0 Å². The SMILES string of the molecule is CCCN(Cc1ccccc1C#CCO)CC(F)(F)F. The molecule has 0 heterocycles. The van der Waals surface area contributed by atoms with Gasteiger partial charge in [-0.2, -0.15) is 13.2 Å². The summed E-state index contributed by atoms with van der Waals surface area (Å²) in [4.78, 5) is 1.36. The molecule has 20 heavy (non-hydrogen) atoms. The van der Waals surface area contributed by atoms with E-state index in [1.54, 1.807) is 24.3 Å². The van der Waals surface area contributed by atoms with E-state index < -0.39 is 12.7 Å². The van der Waals surface area contributed by atoms with E-state index >= 15 is 0 Å². The zero-order chi connectivity index (χ0) is 15.0. The Bertz CT molecular complexity index is 474. The molecule has 5 heteroatoms. The first-order chi connectivity index (χ1) is 9.46. The van der Waals surface area contributed by atoms with Crippen LogP contribution in [0.5, 0.6) is 0 Å². The van der Waals surface area contributed by atoms with Crippen molar-refractivity contribution in [2.24, 2.45) is 0 Å². The maximum atomic E-state index is 12.5. The fourth-order valence-corrected chi connectivity index (χ4v) is 1.94. The molecule has 0 aliphatic heterocycles. The quantitative estimate of drug-likeness (QED) is 0.841. The van der Waals surface area contributed by atoms with Gasteiger partial charge >= 0.3 is 6.18 Å². The highest BCUT2D eigenvalue weighted by Gasteiger charge is 2.30. The lowest BCUT2D eigenvalue weighted by Crippen LogP contribution is -2.34. The highest BCUT2D eigenvalue weighted by molar-refractivity contribution is 5.41. The molecule has 0 bridgehead atoms. The van der Waals surface area contributed by atoms with Gasteiger partial charge < -0.3 is 5.11 Å². The molecule has 2 nitrogen and oxygen atoms in total. The normalized spacial score (nSPS) is 11.3. The maximum Gasteiger partial charge on any atom is 0.401 e. The highest BCUT2D eigenvalue weighted by atomic mass is 19.4. The minimum absolute atomic E-state index is 0.198. The van der Waals surface area contributed by atoms with Gasteiger partial charge in [0.1, 0.15) is 6.61 Å². The third kappa shape index (κ3) is 6.09. The molecule has 0 saturated heterocycles. The van der Waals surface area contributed by atoms with Crippen molar-refractivity contribution in [2.45, 2.75) is 26.1 Å². The van der Waals surface area contributed by atoms with Crippen LogP contribution < -0.4 is 0 Å². The monoisotopic (exact) mass is 285 g/mol. The Morgan fingerprint density at radius 2 is 1.95 bits per heavy atom. The van der Waals surface area contributed by atoms with E-state index in [0.29, 0.717) is 18.5 Å². The Hall–Kier alpha value is -1.51. The minimum atomic E-state index is -4.21. The number of aliphatic hydroxyl groups excluding tert-OH is 1. The standard InChI is InChI=1S/C15H18F3NO/c1-2-9-19(12-15(16,17)18)11-14-7-4-3-6-13(14)8-5-10-20/h3-4,6-7,20H,2,9-12H2,1H3. The molecule has 0 aliphatic rings. The number of hydrogen-bond donors (Lipinski definition) is 1. The second kappa shape index (κ2) is 7.93. The zero-order valence-electron chi connectivity index (χ0n) is 11.4. The number of benzene rings is 1. The van der Waals surface area contributed by atoms with Crippen molar-refractivity contribution < 1.29 is 18.3 Å². The number of nitrogens with zero attached hydrogens (tertiary/aromatic N) is 1. The lowest BCUT2D eigenvalue weighted by molar-refractivity contribution is -0.147. The van der Waals surface area contributed by atoms with E-state index in [0.717, 1.165) is 5.56 Å². The first-order valence-corrected chi connectivity index (χ1v) is 6.43. The number of hydrogen-bond acceptors (Lipinski definition) is 2. The minimum Gasteiger partial charge on any atom is -0.384 e. The van der Waals surface area contributed by atoms with Crippen LogP contribution in [0, 0.1) is 11.8 Å². The molecule has 1 aromatic rings. The van der Waals surface area contributed by atoms with E-state index in [1.165, 1.54) is 4.90 Å². The molecule has 0 aliphatic carbocycles. The molecule has 0 radical (unpaired) electrons. The molecular weight excluding hydrogens is 267 g/mol. The summed E-state index contributed by atoms with van der Waals surface area (Å²) in [7, 11) is 0. The molecule has 1 N–H and O–H groups in total. The van der Waals surface area contributed by atoms with Crippen LogP contribution in [0.3, 0.4) is 0 Å². The zero-order valence-corrected chi connectivity index (χ0v) is 11.4. The van der Waals surface area contributed by atoms with Crippen molar-refractivity contribution in [2.75, 3.05) is 19.7 Å². The smallest absolute Gasteiger partial charge is 0.384 e. The molecule has 0 saturated carbocycles. The van der Waals surface area contributed by atoms with Gasteiger partial charge in [-0.1, -0.05) is 37.0 Å². The molecule has 0 fully saturated rings. The fourth-order valence-electron chi connectivity index (χ4n) is 1.94. The van der Waals surface area contributed by atoms with Crippen LogP contribution in [0.1, 0.15) is 24.5 Å². The summed E-state index contributed by atoms with van der Waals surface area (Å²) in [6.07, 6.45) is -3.55. The Morgan fingerprint density at radius 3 is 2.55 bits per heavy atom. The number of halogens is 3. The third-order valence-electron chi connectivity index (χ3n) is 2.66. The molecule has 0 aromatic heterocycles. The predicted octanol–water partition coefficient (Wildman–Crippen LogP) is 2.80. The highest BCUT2D eigenvalue weighted by Crippen LogP contribution is 2.19. The van der Waals surface area contributed by atoms with Crippen LogP contribution in [0.2, 0.25) is 0 Å². The molecule has 1 aromatic carbocycles. The summed E-state index contributed by atoms with van der Waals surface area (Å²) < 4.78 is 37.6. The van der Waals surface area contributed by atoms with E-state index in [1.807, 2.05) is 6.92 Å². The summed E-state index contributed by atoms with van der Waals surface area (Å²) in [5.41, 5.74) is 1.40. The van der Waals surface area contributed by atoms with Crippen molar-refractivity contribution in [1.29, 1.82) is 0 Å². The third-order valence-corrected chi connectivity index (χ3v) is 2.66. The van der Waals surface area contributed by atoms with E-state index in [2.05, 4.69) is 11.8 Å². The van der Waals surface area contributed by atoms with Gasteiger partial charge in [0.15, 0.2) is 0 Å². The molecule has 110 valence electrons. The van der Waals surface area contributed by atoms with Gasteiger partial charge in [-0.15, -0.1) is 0 Å². The van der Waals surface area contributed by atoms with E-state index in [-0.39, 0.29) is 13.2 Å². The Morgan fingerprint density at radius 1 is 1.25 bits per heavy atom. The largest absolute Gasteiger partial charge is 0.401 e. The maximum absolute atomic E-state index is 12.5. The van der Waals surface area contributed by atoms with Crippen LogP contribution in [-0.2, 0) is 6.54 Å². The summed E-state index contributed by atoms with van der Waals surface area (Å²) >= 11 is 0. The lowest BCUT2D eigenvalue weighted by Gasteiger charge is -2.23. The second-order valence-electron chi connectivity index (χ2n) is 4.44. The fraction of sp³-hybridized carbons (Fsp3) is 0.467. The summed E-state index contributed by atoms with van der Waals surface area (Å²) in [6.45, 7) is 1.23. The second-order valence-corrected chi connectivity index (χ2v) is 4.44. The van der Waals surface area contributed by atoms with Crippen molar-refractivity contribution in [1.82, 2.24) is 4.90 Å². The topological polar surface area (TPSA) is 23.5 Å². The number of alkyl halides is 3. The molecule has 0 atom stereocenters. The Balaban J connectivity index is 2.87. The van der Waals surface area contributed by atoms with Crippen molar-refractivity contribution in [3.63, 3.8) is 0 Å². The lowest BCUT2D eigenvalue weighted by atomic mass is 10.1. The molecule has 1 rings (SSSR count). The van der Waals surface area contributed by atoms with E-state index in [4.69, 9.17) is 5.11 Å².